The van der Waals surface area contributed by atoms with Crippen molar-refractivity contribution < 1.29 is 19.1 Å². The van der Waals surface area contributed by atoms with Gasteiger partial charge in [0.25, 0.3) is 0 Å². The number of nitrogens with zero attached hydrogens (tertiary/aromatic N) is 2. The van der Waals surface area contributed by atoms with E-state index in [1.807, 2.05) is 30.3 Å². The Hall–Kier alpha value is -3.33. The van der Waals surface area contributed by atoms with Gasteiger partial charge in [-0.2, -0.15) is 0 Å². The van der Waals surface area contributed by atoms with Crippen molar-refractivity contribution in [1.82, 2.24) is 15.2 Å². The number of rotatable bonds is 9. The number of anilines is 1. The lowest BCUT2D eigenvalue weighted by molar-refractivity contribution is -0.113. The molecular formula is C21H22N4O4S. The molecule has 9 heteroatoms. The van der Waals surface area contributed by atoms with E-state index >= 15 is 0 Å². The summed E-state index contributed by atoms with van der Waals surface area (Å²) in [6.07, 6.45) is -0.212. The Balaban J connectivity index is 1.47. The van der Waals surface area contributed by atoms with Crippen molar-refractivity contribution in [3.63, 3.8) is 0 Å². The highest BCUT2D eigenvalue weighted by atomic mass is 32.2. The standard InChI is InChI=1S/C21H22N4O4S/c1-14(2)29-20(27)15-7-6-8-16(11-15)22-19(26)13-30-21-23-18(24-25-21)12-28-17-9-4-3-5-10-17/h3-11,14H,12-13H2,1-2H3,(H,22,26)(H,23,24,25). The number of para-hydroxylation sites is 1. The Kier molecular flexibility index (Phi) is 7.45. The molecule has 0 saturated carbocycles. The van der Waals surface area contributed by atoms with Crippen LogP contribution in [0.4, 0.5) is 5.69 Å². The van der Waals surface area contributed by atoms with E-state index in [1.165, 1.54) is 11.8 Å². The SMILES string of the molecule is CC(C)OC(=O)c1cccc(NC(=O)CSc2n[nH]c(COc3ccccc3)n2)c1. The predicted octanol–water partition coefficient (Wildman–Crippen LogP) is 3.68. The van der Waals surface area contributed by atoms with E-state index in [9.17, 15) is 9.59 Å². The maximum Gasteiger partial charge on any atom is 0.338 e. The van der Waals surface area contributed by atoms with Crippen LogP contribution >= 0.6 is 11.8 Å². The lowest BCUT2D eigenvalue weighted by Crippen LogP contribution is -2.15. The first-order chi connectivity index (χ1) is 14.5. The van der Waals surface area contributed by atoms with Gasteiger partial charge < -0.3 is 14.8 Å². The Morgan fingerprint density at radius 2 is 1.93 bits per heavy atom. The first-order valence-corrected chi connectivity index (χ1v) is 10.3. The van der Waals surface area contributed by atoms with Crippen LogP contribution in [0.2, 0.25) is 0 Å². The molecule has 0 aliphatic rings. The lowest BCUT2D eigenvalue weighted by atomic mass is 10.2. The predicted molar refractivity (Wildman–Crippen MR) is 114 cm³/mol. The molecule has 2 N–H and O–H groups in total. The van der Waals surface area contributed by atoms with Gasteiger partial charge in [0.1, 0.15) is 12.4 Å². The van der Waals surface area contributed by atoms with Crippen LogP contribution in [0, 0.1) is 0 Å². The van der Waals surface area contributed by atoms with Crippen LogP contribution < -0.4 is 10.1 Å². The Morgan fingerprint density at radius 1 is 1.13 bits per heavy atom. The zero-order chi connectivity index (χ0) is 21.3. The fourth-order valence-electron chi connectivity index (χ4n) is 2.41. The molecule has 1 amide bonds. The fraction of sp³-hybridized carbons (Fsp3) is 0.238. The highest BCUT2D eigenvalue weighted by molar-refractivity contribution is 7.99. The second-order valence-electron chi connectivity index (χ2n) is 6.54. The molecule has 156 valence electrons. The van der Waals surface area contributed by atoms with E-state index in [2.05, 4.69) is 20.5 Å². The van der Waals surface area contributed by atoms with Crippen molar-refractivity contribution in [2.45, 2.75) is 31.7 Å². The molecule has 8 nitrogen and oxygen atoms in total. The first kappa shape index (κ1) is 21.4. The monoisotopic (exact) mass is 426 g/mol. The molecule has 30 heavy (non-hydrogen) atoms. The fourth-order valence-corrected chi connectivity index (χ4v) is 3.03. The van der Waals surface area contributed by atoms with Crippen LogP contribution in [0.25, 0.3) is 0 Å². The van der Waals surface area contributed by atoms with Crippen LogP contribution in [0.15, 0.2) is 59.8 Å². The van der Waals surface area contributed by atoms with Crippen molar-refractivity contribution in [3.8, 4) is 5.75 Å². The maximum absolute atomic E-state index is 12.2. The summed E-state index contributed by atoms with van der Waals surface area (Å²) < 4.78 is 10.8. The molecule has 0 aliphatic carbocycles. The van der Waals surface area contributed by atoms with Crippen molar-refractivity contribution in [2.24, 2.45) is 0 Å². The number of esters is 1. The van der Waals surface area contributed by atoms with Crippen molar-refractivity contribution >= 4 is 29.3 Å². The summed E-state index contributed by atoms with van der Waals surface area (Å²) in [5, 5.41) is 10.1. The normalized spacial score (nSPS) is 10.6. The molecule has 0 aliphatic heterocycles. The number of aromatic amines is 1. The number of aromatic nitrogens is 3. The third-order valence-corrected chi connectivity index (χ3v) is 4.53. The lowest BCUT2D eigenvalue weighted by Gasteiger charge is -2.09. The quantitative estimate of drug-likeness (QED) is 0.397. The summed E-state index contributed by atoms with van der Waals surface area (Å²) in [4.78, 5) is 28.5. The highest BCUT2D eigenvalue weighted by Crippen LogP contribution is 2.16. The zero-order valence-electron chi connectivity index (χ0n) is 16.6. The average Bonchev–Trinajstić information content (AvgIpc) is 3.19. The number of amides is 1. The maximum atomic E-state index is 12.2. The molecule has 2 aromatic carbocycles. The highest BCUT2D eigenvalue weighted by Gasteiger charge is 2.12. The molecular weight excluding hydrogens is 404 g/mol. The molecule has 0 radical (unpaired) electrons. The van der Waals surface area contributed by atoms with Crippen LogP contribution in [-0.4, -0.2) is 38.9 Å². The minimum atomic E-state index is -0.429. The first-order valence-electron chi connectivity index (χ1n) is 9.32. The van der Waals surface area contributed by atoms with Gasteiger partial charge >= 0.3 is 5.97 Å². The summed E-state index contributed by atoms with van der Waals surface area (Å²) in [5.41, 5.74) is 0.900. The summed E-state index contributed by atoms with van der Waals surface area (Å²) >= 11 is 1.20. The van der Waals surface area contributed by atoms with E-state index < -0.39 is 5.97 Å². The van der Waals surface area contributed by atoms with Gasteiger partial charge in [0, 0.05) is 5.69 Å². The number of hydrogen-bond donors (Lipinski definition) is 2. The molecule has 0 saturated heterocycles. The van der Waals surface area contributed by atoms with Crippen LogP contribution in [0.3, 0.4) is 0 Å². The van der Waals surface area contributed by atoms with Crippen LogP contribution in [-0.2, 0) is 16.1 Å². The van der Waals surface area contributed by atoms with Crippen molar-refractivity contribution in [2.75, 3.05) is 11.1 Å². The molecule has 0 unspecified atom stereocenters. The number of H-pyrrole nitrogens is 1. The zero-order valence-corrected chi connectivity index (χ0v) is 17.4. The molecule has 0 fully saturated rings. The number of thioether (sulfide) groups is 1. The van der Waals surface area contributed by atoms with Crippen LogP contribution in [0.1, 0.15) is 30.0 Å². The second-order valence-corrected chi connectivity index (χ2v) is 7.48. The number of nitrogens with one attached hydrogen (secondary N) is 2. The summed E-state index contributed by atoms with van der Waals surface area (Å²) in [6, 6.07) is 16.0. The number of ether oxygens (including phenoxy) is 2. The molecule has 0 bridgehead atoms. The minimum Gasteiger partial charge on any atom is -0.486 e. The number of hydrogen-bond acceptors (Lipinski definition) is 7. The summed E-state index contributed by atoms with van der Waals surface area (Å²) in [6.45, 7) is 3.81. The van der Waals surface area contributed by atoms with Gasteiger partial charge in [0.15, 0.2) is 5.82 Å². The van der Waals surface area contributed by atoms with Gasteiger partial charge in [-0.1, -0.05) is 36.0 Å². The number of carbonyl (C=O) groups is 2. The Morgan fingerprint density at radius 3 is 2.70 bits per heavy atom. The Labute approximate surface area is 178 Å². The molecule has 3 aromatic rings. The van der Waals surface area contributed by atoms with E-state index in [0.29, 0.717) is 22.2 Å². The van der Waals surface area contributed by atoms with E-state index in [1.54, 1.807) is 38.1 Å². The van der Waals surface area contributed by atoms with Gasteiger partial charge in [-0.25, -0.2) is 9.78 Å². The van der Waals surface area contributed by atoms with Gasteiger partial charge in [-0.3, -0.25) is 9.89 Å². The van der Waals surface area contributed by atoms with Gasteiger partial charge in [-0.05, 0) is 44.2 Å². The number of benzene rings is 2. The van der Waals surface area contributed by atoms with Gasteiger partial charge in [0.05, 0.1) is 17.4 Å². The Bertz CT molecular complexity index is 991. The molecule has 0 spiro atoms. The molecule has 0 atom stereocenters. The number of carbonyl (C=O) groups excluding carboxylic acids is 2. The average molecular weight is 426 g/mol. The van der Waals surface area contributed by atoms with E-state index in [-0.39, 0.29) is 24.4 Å². The van der Waals surface area contributed by atoms with Crippen molar-refractivity contribution in [1.29, 1.82) is 0 Å². The molecule has 3 rings (SSSR count). The second kappa shape index (κ2) is 10.4. The van der Waals surface area contributed by atoms with Gasteiger partial charge in [-0.15, -0.1) is 5.10 Å². The van der Waals surface area contributed by atoms with E-state index in [4.69, 9.17) is 9.47 Å². The third-order valence-electron chi connectivity index (χ3n) is 3.69. The topological polar surface area (TPSA) is 106 Å². The van der Waals surface area contributed by atoms with Crippen molar-refractivity contribution in [3.05, 3.63) is 66.0 Å². The molecule has 1 aromatic heterocycles. The van der Waals surface area contributed by atoms with E-state index in [0.717, 1.165) is 5.75 Å². The van der Waals surface area contributed by atoms with Crippen LogP contribution in [0.5, 0.6) is 5.75 Å². The smallest absolute Gasteiger partial charge is 0.338 e. The summed E-state index contributed by atoms with van der Waals surface area (Å²) in [5.74, 6) is 0.764. The molecule has 1 heterocycles. The largest absolute Gasteiger partial charge is 0.486 e. The third kappa shape index (κ3) is 6.63. The minimum absolute atomic E-state index is 0.123. The van der Waals surface area contributed by atoms with Gasteiger partial charge in [0.2, 0.25) is 11.1 Å². The summed E-state index contributed by atoms with van der Waals surface area (Å²) in [7, 11) is 0.